The van der Waals surface area contributed by atoms with Crippen LogP contribution in [-0.2, 0) is 14.6 Å². The van der Waals surface area contributed by atoms with E-state index in [4.69, 9.17) is 0 Å². The molecule has 1 fully saturated rings. The zero-order valence-electron chi connectivity index (χ0n) is 12.5. The predicted octanol–water partition coefficient (Wildman–Crippen LogP) is 1.55. The predicted molar refractivity (Wildman–Crippen MR) is 79.3 cm³/mol. The van der Waals surface area contributed by atoms with Crippen molar-refractivity contribution in [3.05, 3.63) is 29.6 Å². The summed E-state index contributed by atoms with van der Waals surface area (Å²) in [5.74, 6) is -4.80. The monoisotopic (exact) mass is 350 g/mol. The Morgan fingerprint density at radius 3 is 2.61 bits per heavy atom. The molecule has 1 unspecified atom stereocenters. The maximum atomic E-state index is 13.4. The molecule has 0 saturated carbocycles. The van der Waals surface area contributed by atoms with E-state index in [2.05, 4.69) is 5.32 Å². The number of amides is 1. The van der Waals surface area contributed by atoms with Crippen molar-refractivity contribution in [1.29, 1.82) is 0 Å². The third kappa shape index (κ3) is 4.44. The second kappa shape index (κ2) is 6.88. The van der Waals surface area contributed by atoms with Crippen LogP contribution in [0.5, 0.6) is 0 Å². The first-order chi connectivity index (χ1) is 10.7. The van der Waals surface area contributed by atoms with Gasteiger partial charge in [-0.15, -0.1) is 0 Å². The van der Waals surface area contributed by atoms with Crippen molar-refractivity contribution in [2.75, 3.05) is 30.4 Å². The number of hydrogen-bond acceptors (Lipinski definition) is 4. The highest BCUT2D eigenvalue weighted by molar-refractivity contribution is 7.91. The molecule has 1 saturated heterocycles. The van der Waals surface area contributed by atoms with Crippen LogP contribution in [0.15, 0.2) is 12.1 Å². The Labute approximate surface area is 132 Å². The molecule has 1 amide bonds. The molecule has 5 nitrogen and oxygen atoms in total. The van der Waals surface area contributed by atoms with Gasteiger partial charge in [-0.05, 0) is 25.6 Å². The molecule has 1 atom stereocenters. The van der Waals surface area contributed by atoms with E-state index in [1.165, 1.54) is 0 Å². The number of nitrogens with zero attached hydrogens (tertiary/aromatic N) is 1. The van der Waals surface area contributed by atoms with Crippen LogP contribution in [0, 0.1) is 17.5 Å². The minimum absolute atomic E-state index is 0.0223. The number of carbonyl (C=O) groups excluding carboxylic acids is 1. The number of benzene rings is 1. The lowest BCUT2D eigenvalue weighted by Gasteiger charge is -2.22. The van der Waals surface area contributed by atoms with E-state index in [0.717, 1.165) is 12.1 Å². The lowest BCUT2D eigenvalue weighted by atomic mass is 10.2. The van der Waals surface area contributed by atoms with Crippen molar-refractivity contribution in [3.63, 3.8) is 0 Å². The molecule has 128 valence electrons. The highest BCUT2D eigenvalue weighted by Gasteiger charge is 2.30. The Morgan fingerprint density at radius 1 is 1.30 bits per heavy atom. The molecule has 0 spiro atoms. The number of hydrogen-bond donors (Lipinski definition) is 1. The smallest absolute Gasteiger partial charge is 0.225 e. The summed E-state index contributed by atoms with van der Waals surface area (Å²) in [7, 11) is -1.31. The molecule has 1 aliphatic heterocycles. The lowest BCUT2D eigenvalue weighted by molar-refractivity contribution is -0.116. The molecule has 0 aliphatic carbocycles. The van der Waals surface area contributed by atoms with Gasteiger partial charge in [0.1, 0.15) is 0 Å². The third-order valence-corrected chi connectivity index (χ3v) is 5.58. The van der Waals surface area contributed by atoms with Gasteiger partial charge in [-0.25, -0.2) is 21.6 Å². The van der Waals surface area contributed by atoms with Crippen molar-refractivity contribution < 1.29 is 26.4 Å². The summed E-state index contributed by atoms with van der Waals surface area (Å²) in [4.78, 5) is 13.5. The molecule has 0 radical (unpaired) electrons. The summed E-state index contributed by atoms with van der Waals surface area (Å²) >= 11 is 0. The molecule has 0 aromatic heterocycles. The molecule has 2 rings (SSSR count). The van der Waals surface area contributed by atoms with Gasteiger partial charge < -0.3 is 10.2 Å². The van der Waals surface area contributed by atoms with Crippen LogP contribution >= 0.6 is 0 Å². The Balaban J connectivity index is 1.87. The minimum Gasteiger partial charge on any atom is -0.323 e. The van der Waals surface area contributed by atoms with Gasteiger partial charge in [0, 0.05) is 19.0 Å². The molecule has 1 aromatic carbocycles. The SMILES string of the molecule is CN(CCC(=O)Nc1ccc(F)c(F)c1F)C1CCS(=O)(=O)C1. The first-order valence-corrected chi connectivity index (χ1v) is 8.86. The van der Waals surface area contributed by atoms with Gasteiger partial charge in [0.15, 0.2) is 27.3 Å². The van der Waals surface area contributed by atoms with Crippen LogP contribution in [0.2, 0.25) is 0 Å². The van der Waals surface area contributed by atoms with Crippen molar-refractivity contribution in [1.82, 2.24) is 4.90 Å². The van der Waals surface area contributed by atoms with Crippen LogP contribution in [0.3, 0.4) is 0 Å². The second-order valence-corrected chi connectivity index (χ2v) is 7.79. The molecule has 0 bridgehead atoms. The average molecular weight is 350 g/mol. The molecule has 1 aromatic rings. The zero-order chi connectivity index (χ0) is 17.2. The van der Waals surface area contributed by atoms with Gasteiger partial charge >= 0.3 is 0 Å². The summed E-state index contributed by atoms with van der Waals surface area (Å²) in [6, 6.07) is 1.52. The molecule has 23 heavy (non-hydrogen) atoms. The molecule has 1 aliphatic rings. The Kier molecular flexibility index (Phi) is 5.30. The second-order valence-electron chi connectivity index (χ2n) is 5.56. The van der Waals surface area contributed by atoms with Crippen molar-refractivity contribution >= 4 is 21.4 Å². The maximum Gasteiger partial charge on any atom is 0.225 e. The van der Waals surface area contributed by atoms with Crippen molar-refractivity contribution in [2.24, 2.45) is 0 Å². The molecular weight excluding hydrogens is 333 g/mol. The molecule has 1 N–H and O–H groups in total. The van der Waals surface area contributed by atoms with Gasteiger partial charge in [0.25, 0.3) is 0 Å². The summed E-state index contributed by atoms with van der Waals surface area (Å²) in [5, 5.41) is 2.17. The maximum absolute atomic E-state index is 13.4. The van der Waals surface area contributed by atoms with Crippen LogP contribution in [0.4, 0.5) is 18.9 Å². The fraction of sp³-hybridized carbons (Fsp3) is 0.500. The molecule has 1 heterocycles. The number of sulfone groups is 1. The quantitative estimate of drug-likeness (QED) is 0.819. The number of halogens is 3. The fourth-order valence-corrected chi connectivity index (χ4v) is 4.22. The van der Waals surface area contributed by atoms with Gasteiger partial charge in [0.2, 0.25) is 5.91 Å². The normalized spacial score (nSPS) is 20.0. The van der Waals surface area contributed by atoms with Gasteiger partial charge in [-0.3, -0.25) is 4.79 Å². The summed E-state index contributed by atoms with van der Waals surface area (Å²) in [5.41, 5.74) is -0.431. The van der Waals surface area contributed by atoms with E-state index in [-0.39, 0.29) is 30.5 Å². The number of anilines is 1. The lowest BCUT2D eigenvalue weighted by Crippen LogP contribution is -2.35. The largest absolute Gasteiger partial charge is 0.323 e. The van der Waals surface area contributed by atoms with Gasteiger partial charge in [0.05, 0.1) is 17.2 Å². The van der Waals surface area contributed by atoms with Crippen molar-refractivity contribution in [3.8, 4) is 0 Å². The zero-order valence-corrected chi connectivity index (χ0v) is 13.3. The van der Waals surface area contributed by atoms with Crippen LogP contribution in [-0.4, -0.2) is 50.4 Å². The minimum atomic E-state index is -3.01. The van der Waals surface area contributed by atoms with Crippen molar-refractivity contribution in [2.45, 2.75) is 18.9 Å². The highest BCUT2D eigenvalue weighted by atomic mass is 32.2. The van der Waals surface area contributed by atoms with E-state index in [0.29, 0.717) is 6.42 Å². The topological polar surface area (TPSA) is 66.5 Å². The van der Waals surface area contributed by atoms with Gasteiger partial charge in [-0.1, -0.05) is 0 Å². The average Bonchev–Trinajstić information content (AvgIpc) is 2.85. The summed E-state index contributed by atoms with van der Waals surface area (Å²) in [6.45, 7) is 0.275. The molecule has 9 heteroatoms. The van der Waals surface area contributed by atoms with E-state index >= 15 is 0 Å². The standard InChI is InChI=1S/C14H17F3N2O3S/c1-19(9-5-7-23(21,22)8-9)6-4-12(20)18-11-3-2-10(15)13(16)14(11)17/h2-3,9H,4-8H2,1H3,(H,18,20). The first-order valence-electron chi connectivity index (χ1n) is 7.03. The van der Waals surface area contributed by atoms with Crippen LogP contribution in [0.25, 0.3) is 0 Å². The number of nitrogens with one attached hydrogen (secondary N) is 1. The number of carbonyl (C=O) groups is 1. The van der Waals surface area contributed by atoms with Crippen LogP contribution in [0.1, 0.15) is 12.8 Å². The van der Waals surface area contributed by atoms with E-state index in [1.54, 1.807) is 11.9 Å². The van der Waals surface area contributed by atoms with Gasteiger partial charge in [-0.2, -0.15) is 0 Å². The summed E-state index contributed by atoms with van der Waals surface area (Å²) in [6.07, 6.45) is 0.490. The van der Waals surface area contributed by atoms with E-state index in [1.807, 2.05) is 0 Å². The van der Waals surface area contributed by atoms with E-state index < -0.39 is 38.9 Å². The summed E-state index contributed by atoms with van der Waals surface area (Å²) < 4.78 is 62.1. The Hall–Kier alpha value is -1.61. The fourth-order valence-electron chi connectivity index (χ4n) is 2.42. The van der Waals surface area contributed by atoms with E-state index in [9.17, 15) is 26.4 Å². The highest BCUT2D eigenvalue weighted by Crippen LogP contribution is 2.20. The number of rotatable bonds is 5. The van der Waals surface area contributed by atoms with Crippen LogP contribution < -0.4 is 5.32 Å². The Morgan fingerprint density at radius 2 is 2.00 bits per heavy atom. The first kappa shape index (κ1) is 17.7. The third-order valence-electron chi connectivity index (χ3n) is 3.83. The molecular formula is C14H17F3N2O3S. The Bertz CT molecular complexity index is 709.